The lowest BCUT2D eigenvalue weighted by atomic mass is 9.63. The van der Waals surface area contributed by atoms with E-state index in [1.807, 2.05) is 20.8 Å². The van der Waals surface area contributed by atoms with Crippen molar-refractivity contribution < 1.29 is 17.9 Å². The third-order valence-electron chi connectivity index (χ3n) is 9.10. The molecule has 7 rings (SSSR count). The van der Waals surface area contributed by atoms with Gasteiger partial charge in [-0.1, -0.05) is 0 Å². The first-order chi connectivity index (χ1) is 16.7. The highest BCUT2D eigenvalue weighted by Gasteiger charge is 2.52. The fraction of sp³-hybridized carbons (Fsp3) is 0.769. The average Bonchev–Trinajstić information content (AvgIpc) is 3.29. The molecule has 0 unspecified atom stereocenters. The molecule has 1 aromatic rings. The summed E-state index contributed by atoms with van der Waals surface area (Å²) in [4.78, 5) is 23.1. The Morgan fingerprint density at radius 1 is 1.00 bits per heavy atom. The van der Waals surface area contributed by atoms with E-state index in [0.717, 1.165) is 43.2 Å². The van der Waals surface area contributed by atoms with Crippen LogP contribution in [0.1, 0.15) is 64.5 Å². The summed E-state index contributed by atoms with van der Waals surface area (Å²) in [5.41, 5.74) is 0.776. The number of amides is 1. The highest BCUT2D eigenvalue weighted by molar-refractivity contribution is 7.89. The van der Waals surface area contributed by atoms with Gasteiger partial charge in [-0.05, 0) is 89.7 Å². The molecule has 0 radical (unpaired) electrons. The fourth-order valence-corrected chi connectivity index (χ4v) is 9.58. The molecule has 1 amide bonds. The molecule has 2 saturated carbocycles. The van der Waals surface area contributed by atoms with E-state index in [1.54, 1.807) is 12.1 Å². The van der Waals surface area contributed by atoms with Gasteiger partial charge in [0, 0.05) is 24.3 Å². The van der Waals surface area contributed by atoms with Gasteiger partial charge in [-0.15, -0.1) is 0 Å². The number of aromatic nitrogens is 1. The number of morpholine rings is 1. The van der Waals surface area contributed by atoms with Crippen LogP contribution in [0.2, 0.25) is 0 Å². The Balaban J connectivity index is 1.32. The van der Waals surface area contributed by atoms with Crippen LogP contribution in [-0.4, -0.2) is 78.5 Å². The summed E-state index contributed by atoms with van der Waals surface area (Å²) < 4.78 is 35.5. The fourth-order valence-electron chi connectivity index (χ4n) is 7.80. The van der Waals surface area contributed by atoms with Gasteiger partial charge in [-0.3, -0.25) is 4.79 Å². The summed E-state index contributed by atoms with van der Waals surface area (Å²) in [5.74, 6) is 2.03. The molecule has 4 bridgehead atoms. The number of hydrogen-bond donors (Lipinski definition) is 0. The van der Waals surface area contributed by atoms with Gasteiger partial charge in [0.2, 0.25) is 15.9 Å². The van der Waals surface area contributed by atoms with Crippen molar-refractivity contribution in [3.63, 3.8) is 0 Å². The third-order valence-corrected chi connectivity index (χ3v) is 11.0. The quantitative estimate of drug-likeness (QED) is 0.630. The highest BCUT2D eigenvalue weighted by atomic mass is 32.2. The van der Waals surface area contributed by atoms with E-state index >= 15 is 0 Å². The molecule has 4 aliphatic heterocycles. The number of carbonyl (C=O) groups excluding carboxylic acids is 1. The number of nitrogens with zero attached hydrogens (tertiary/aromatic N) is 4. The molecule has 1 aromatic heterocycles. The number of rotatable bonds is 4. The van der Waals surface area contributed by atoms with Gasteiger partial charge in [0.25, 0.3) is 0 Å². The molecule has 6 aliphatic rings. The summed E-state index contributed by atoms with van der Waals surface area (Å²) >= 11 is 0. The second-order valence-corrected chi connectivity index (χ2v) is 13.5. The summed E-state index contributed by atoms with van der Waals surface area (Å²) in [6, 6.07) is 3.47. The van der Waals surface area contributed by atoms with Crippen LogP contribution in [-0.2, 0) is 19.6 Å². The van der Waals surface area contributed by atoms with E-state index in [2.05, 4.69) is 9.80 Å². The SMILES string of the molecule is Cc1ccc(S(=O)(=O)N2CCC[C@H]2C(=O)N2C3CC4CC(C3)CC2C4)c(N2[C@@H](C)COC[C@@H]2C)n1. The number of hydrogen-bond acceptors (Lipinski definition) is 6. The monoisotopic (exact) mass is 502 g/mol. The Labute approximate surface area is 209 Å². The first-order valence-corrected chi connectivity index (χ1v) is 14.9. The summed E-state index contributed by atoms with van der Waals surface area (Å²) in [6.07, 6.45) is 7.01. The van der Waals surface area contributed by atoms with Crippen LogP contribution in [0.15, 0.2) is 17.0 Å². The molecule has 4 saturated heterocycles. The summed E-state index contributed by atoms with van der Waals surface area (Å²) in [6.45, 7) is 7.41. The van der Waals surface area contributed by atoms with E-state index in [4.69, 9.17) is 9.72 Å². The lowest BCUT2D eigenvalue weighted by molar-refractivity contribution is -0.152. The summed E-state index contributed by atoms with van der Waals surface area (Å²) in [5, 5.41) is 0. The van der Waals surface area contributed by atoms with Crippen LogP contribution in [0.25, 0.3) is 0 Å². The van der Waals surface area contributed by atoms with Crippen molar-refractivity contribution in [2.75, 3.05) is 24.7 Å². The zero-order chi connectivity index (χ0) is 24.5. The van der Waals surface area contributed by atoms with Gasteiger partial charge >= 0.3 is 0 Å². The smallest absolute Gasteiger partial charge is 0.247 e. The van der Waals surface area contributed by atoms with Gasteiger partial charge in [0.15, 0.2) is 0 Å². The molecule has 35 heavy (non-hydrogen) atoms. The molecule has 2 aliphatic carbocycles. The van der Waals surface area contributed by atoms with Crippen molar-refractivity contribution >= 4 is 21.7 Å². The summed E-state index contributed by atoms with van der Waals surface area (Å²) in [7, 11) is -3.90. The molecule has 9 heteroatoms. The second kappa shape index (κ2) is 8.70. The molecule has 8 nitrogen and oxygen atoms in total. The normalized spacial score (nSPS) is 37.3. The van der Waals surface area contributed by atoms with Crippen LogP contribution in [0.5, 0.6) is 0 Å². The molecule has 0 N–H and O–H groups in total. The molecular formula is C26H38N4O4S. The minimum Gasteiger partial charge on any atom is -0.377 e. The van der Waals surface area contributed by atoms with Crippen molar-refractivity contribution in [2.45, 2.75) is 101 Å². The maximum absolute atomic E-state index is 14.2. The van der Waals surface area contributed by atoms with E-state index in [1.165, 1.54) is 10.7 Å². The van der Waals surface area contributed by atoms with Gasteiger partial charge in [-0.2, -0.15) is 4.31 Å². The van der Waals surface area contributed by atoms with Gasteiger partial charge in [0.05, 0.1) is 25.3 Å². The molecule has 6 fully saturated rings. The maximum Gasteiger partial charge on any atom is 0.247 e. The maximum atomic E-state index is 14.2. The van der Waals surface area contributed by atoms with Crippen molar-refractivity contribution in [3.05, 3.63) is 17.8 Å². The number of aryl methyl sites for hydroxylation is 1. The lowest BCUT2D eigenvalue weighted by Crippen LogP contribution is -2.63. The number of sulfonamides is 1. The Hall–Kier alpha value is -1.71. The van der Waals surface area contributed by atoms with Gasteiger partial charge in [0.1, 0.15) is 16.8 Å². The molecule has 3 atom stereocenters. The van der Waals surface area contributed by atoms with Crippen molar-refractivity contribution in [1.82, 2.24) is 14.2 Å². The minimum atomic E-state index is -3.90. The zero-order valence-corrected chi connectivity index (χ0v) is 21.9. The second-order valence-electron chi connectivity index (χ2n) is 11.7. The molecule has 192 valence electrons. The topological polar surface area (TPSA) is 83.1 Å². The van der Waals surface area contributed by atoms with E-state index in [0.29, 0.717) is 50.5 Å². The number of anilines is 1. The van der Waals surface area contributed by atoms with Crippen molar-refractivity contribution in [1.29, 1.82) is 0 Å². The van der Waals surface area contributed by atoms with Crippen molar-refractivity contribution in [2.24, 2.45) is 11.8 Å². The Kier molecular flexibility index (Phi) is 5.88. The van der Waals surface area contributed by atoms with E-state index in [-0.39, 0.29) is 22.9 Å². The largest absolute Gasteiger partial charge is 0.377 e. The van der Waals surface area contributed by atoms with Crippen LogP contribution < -0.4 is 4.90 Å². The average molecular weight is 503 g/mol. The van der Waals surface area contributed by atoms with E-state index < -0.39 is 16.1 Å². The molecule has 5 heterocycles. The number of pyridine rings is 1. The standard InChI is InChI=1S/C26H38N4O4S/c1-16-6-7-24(25(27-16)29-17(2)14-34-15-18(29)3)35(32,33)28-8-4-5-23(28)26(31)30-21-10-19-9-20(12-21)13-22(30)11-19/h6-7,17-23H,4-5,8-15H2,1-3H3/t17-,18-,19?,20?,21?,22?,23-/m0/s1. The molecule has 0 aromatic carbocycles. The van der Waals surface area contributed by atoms with Crippen LogP contribution in [0.4, 0.5) is 5.82 Å². The molecular weight excluding hydrogens is 464 g/mol. The zero-order valence-electron chi connectivity index (χ0n) is 21.1. The third kappa shape index (κ3) is 3.89. The van der Waals surface area contributed by atoms with E-state index in [9.17, 15) is 13.2 Å². The minimum absolute atomic E-state index is 0.0113. The lowest BCUT2D eigenvalue weighted by Gasteiger charge is -2.57. The molecule has 0 spiro atoms. The predicted octanol–water partition coefficient (Wildman–Crippen LogP) is 2.95. The van der Waals surface area contributed by atoms with Crippen LogP contribution >= 0.6 is 0 Å². The first kappa shape index (κ1) is 23.7. The van der Waals surface area contributed by atoms with Gasteiger partial charge < -0.3 is 14.5 Å². The number of ether oxygens (including phenoxy) is 1. The number of piperidine rings is 2. The van der Waals surface area contributed by atoms with Crippen LogP contribution in [0.3, 0.4) is 0 Å². The van der Waals surface area contributed by atoms with Crippen molar-refractivity contribution in [3.8, 4) is 0 Å². The Morgan fingerprint density at radius 3 is 2.26 bits per heavy atom. The number of carbonyl (C=O) groups is 1. The van der Waals surface area contributed by atoms with Crippen LogP contribution in [0, 0.1) is 18.8 Å². The first-order valence-electron chi connectivity index (χ1n) is 13.4. The highest BCUT2D eigenvalue weighted by Crippen LogP contribution is 2.50. The Bertz CT molecular complexity index is 1070. The Morgan fingerprint density at radius 2 is 1.63 bits per heavy atom. The van der Waals surface area contributed by atoms with Gasteiger partial charge in [-0.25, -0.2) is 13.4 Å². The predicted molar refractivity (Wildman–Crippen MR) is 133 cm³/mol.